The molecule has 0 aromatic heterocycles. The number of β-amino-alcohol motifs (C(OH)–C–C–N with tert-alkyl or cyclic N) is 1. The fourth-order valence-electron chi connectivity index (χ4n) is 2.63. The van der Waals surface area contributed by atoms with Crippen LogP contribution in [0.2, 0.25) is 0 Å². The summed E-state index contributed by atoms with van der Waals surface area (Å²) in [6, 6.07) is 5.57. The molecule has 1 unspecified atom stereocenters. The van der Waals surface area contributed by atoms with Crippen LogP contribution in [0.5, 0.6) is 5.75 Å². The second-order valence-corrected chi connectivity index (χ2v) is 5.77. The molecule has 1 N–H and O–H groups in total. The Kier molecular flexibility index (Phi) is 4.45. The average molecular weight is 277 g/mol. The molecule has 1 fully saturated rings. The highest BCUT2D eigenvalue weighted by Gasteiger charge is 2.31. The zero-order chi connectivity index (χ0) is 14.8. The molecular weight excluding hydrogens is 254 g/mol. The van der Waals surface area contributed by atoms with Gasteiger partial charge in [-0.1, -0.05) is 0 Å². The molecule has 110 valence electrons. The fraction of sp³-hybridized carbons (Fsp3) is 0.562. The normalized spacial score (nSPS) is 23.0. The number of Topliss-reactive ketones (excluding diaryl/α,β-unsaturated/α-hetero) is 1. The minimum atomic E-state index is -0.607. The molecule has 2 rings (SSSR count). The molecule has 1 aromatic rings. The van der Waals surface area contributed by atoms with Crippen molar-refractivity contribution in [2.75, 3.05) is 19.7 Å². The summed E-state index contributed by atoms with van der Waals surface area (Å²) < 4.78 is 5.63. The largest absolute Gasteiger partial charge is 0.494 e. The minimum Gasteiger partial charge on any atom is -0.494 e. The van der Waals surface area contributed by atoms with Gasteiger partial charge >= 0.3 is 0 Å². The number of carbonyl (C=O) groups is 1. The van der Waals surface area contributed by atoms with Crippen LogP contribution in [-0.2, 0) is 6.54 Å². The Hall–Kier alpha value is -1.39. The topological polar surface area (TPSA) is 49.8 Å². The van der Waals surface area contributed by atoms with Gasteiger partial charge in [-0.25, -0.2) is 0 Å². The lowest BCUT2D eigenvalue weighted by molar-refractivity contribution is 0.0677. The van der Waals surface area contributed by atoms with Crippen molar-refractivity contribution in [1.29, 1.82) is 0 Å². The van der Waals surface area contributed by atoms with Gasteiger partial charge in [0.15, 0.2) is 5.78 Å². The van der Waals surface area contributed by atoms with E-state index in [0.29, 0.717) is 25.3 Å². The number of hydrogen-bond acceptors (Lipinski definition) is 4. The van der Waals surface area contributed by atoms with Crippen LogP contribution in [0.4, 0.5) is 0 Å². The van der Waals surface area contributed by atoms with Crippen molar-refractivity contribution in [2.45, 2.75) is 39.3 Å². The maximum absolute atomic E-state index is 11.5. The predicted molar refractivity (Wildman–Crippen MR) is 78.1 cm³/mol. The van der Waals surface area contributed by atoms with E-state index < -0.39 is 5.60 Å². The zero-order valence-corrected chi connectivity index (χ0v) is 12.5. The van der Waals surface area contributed by atoms with Crippen molar-refractivity contribution >= 4 is 5.78 Å². The van der Waals surface area contributed by atoms with E-state index in [9.17, 15) is 9.90 Å². The number of ketones is 1. The van der Waals surface area contributed by atoms with E-state index in [1.165, 1.54) is 0 Å². The Morgan fingerprint density at radius 2 is 2.25 bits per heavy atom. The van der Waals surface area contributed by atoms with E-state index in [1.807, 2.05) is 26.0 Å². The molecule has 0 saturated carbocycles. The Labute approximate surface area is 120 Å². The quantitative estimate of drug-likeness (QED) is 0.839. The van der Waals surface area contributed by atoms with E-state index in [4.69, 9.17) is 4.74 Å². The molecule has 1 aromatic carbocycles. The second kappa shape index (κ2) is 5.94. The summed E-state index contributed by atoms with van der Waals surface area (Å²) in [6.07, 6.45) is 0.781. The second-order valence-electron chi connectivity index (χ2n) is 5.77. The maximum Gasteiger partial charge on any atom is 0.159 e. The number of rotatable bonds is 5. The summed E-state index contributed by atoms with van der Waals surface area (Å²) in [5.41, 5.74) is 1.11. The predicted octanol–water partition coefficient (Wildman–Crippen LogP) is 2.24. The summed E-state index contributed by atoms with van der Waals surface area (Å²) in [6.45, 7) is 8.20. The van der Waals surface area contributed by atoms with Crippen LogP contribution in [0.15, 0.2) is 18.2 Å². The van der Waals surface area contributed by atoms with Crippen LogP contribution in [-0.4, -0.2) is 41.1 Å². The Balaban J connectivity index is 2.19. The van der Waals surface area contributed by atoms with Crippen LogP contribution in [0.1, 0.15) is 43.1 Å². The number of aliphatic hydroxyl groups is 1. The number of nitrogens with zero attached hydrogens (tertiary/aromatic N) is 1. The SMILES string of the molecule is CCOc1ccc(C(C)=O)cc1CN1CCC(C)(O)C1. The highest BCUT2D eigenvalue weighted by atomic mass is 16.5. The lowest BCUT2D eigenvalue weighted by Gasteiger charge is -2.20. The summed E-state index contributed by atoms with van der Waals surface area (Å²) in [5.74, 6) is 0.881. The molecule has 0 aliphatic carbocycles. The van der Waals surface area contributed by atoms with Crippen LogP contribution < -0.4 is 4.74 Å². The van der Waals surface area contributed by atoms with E-state index in [2.05, 4.69) is 4.90 Å². The van der Waals surface area contributed by atoms with Crippen LogP contribution in [0.3, 0.4) is 0 Å². The van der Waals surface area contributed by atoms with E-state index in [-0.39, 0.29) is 5.78 Å². The first-order valence-electron chi connectivity index (χ1n) is 7.13. The van der Waals surface area contributed by atoms with Crippen LogP contribution in [0, 0.1) is 0 Å². The van der Waals surface area contributed by atoms with Crippen molar-refractivity contribution in [2.24, 2.45) is 0 Å². The molecule has 0 radical (unpaired) electrons. The molecule has 4 heteroatoms. The van der Waals surface area contributed by atoms with Gasteiger partial charge in [-0.05, 0) is 45.4 Å². The molecule has 20 heavy (non-hydrogen) atoms. The molecule has 1 aliphatic heterocycles. The highest BCUT2D eigenvalue weighted by Crippen LogP contribution is 2.27. The number of carbonyl (C=O) groups excluding carboxylic acids is 1. The summed E-state index contributed by atoms with van der Waals surface area (Å²) in [7, 11) is 0. The first-order chi connectivity index (χ1) is 9.41. The van der Waals surface area contributed by atoms with Crippen LogP contribution >= 0.6 is 0 Å². The third kappa shape index (κ3) is 3.58. The number of hydrogen-bond donors (Lipinski definition) is 1. The van der Waals surface area contributed by atoms with Crippen molar-refractivity contribution in [3.05, 3.63) is 29.3 Å². The lowest BCUT2D eigenvalue weighted by atomic mass is 10.1. The minimum absolute atomic E-state index is 0.0581. The number of ether oxygens (including phenoxy) is 1. The number of likely N-dealkylation sites (tertiary alicyclic amines) is 1. The third-order valence-corrected chi connectivity index (χ3v) is 3.69. The monoisotopic (exact) mass is 277 g/mol. The fourth-order valence-corrected chi connectivity index (χ4v) is 2.63. The van der Waals surface area contributed by atoms with Gasteiger partial charge in [-0.2, -0.15) is 0 Å². The van der Waals surface area contributed by atoms with Gasteiger partial charge in [-0.15, -0.1) is 0 Å². The van der Waals surface area contributed by atoms with Gasteiger partial charge in [0.25, 0.3) is 0 Å². The maximum atomic E-state index is 11.5. The highest BCUT2D eigenvalue weighted by molar-refractivity contribution is 5.94. The molecule has 0 bridgehead atoms. The molecule has 1 saturated heterocycles. The number of benzene rings is 1. The van der Waals surface area contributed by atoms with Gasteiger partial charge in [0.05, 0.1) is 12.2 Å². The van der Waals surface area contributed by atoms with Crippen molar-refractivity contribution in [3.8, 4) is 5.75 Å². The first-order valence-corrected chi connectivity index (χ1v) is 7.13. The van der Waals surface area contributed by atoms with Gasteiger partial charge in [0.2, 0.25) is 0 Å². The smallest absolute Gasteiger partial charge is 0.159 e. The molecule has 4 nitrogen and oxygen atoms in total. The molecule has 1 atom stereocenters. The van der Waals surface area contributed by atoms with Crippen molar-refractivity contribution in [3.63, 3.8) is 0 Å². The molecular formula is C16H23NO3. The van der Waals surface area contributed by atoms with E-state index in [0.717, 1.165) is 24.3 Å². The Morgan fingerprint density at radius 1 is 1.50 bits per heavy atom. The summed E-state index contributed by atoms with van der Waals surface area (Å²) in [5, 5.41) is 10.0. The molecule has 1 heterocycles. The third-order valence-electron chi connectivity index (χ3n) is 3.69. The molecule has 0 spiro atoms. The van der Waals surface area contributed by atoms with Crippen molar-refractivity contribution < 1.29 is 14.6 Å². The van der Waals surface area contributed by atoms with Gasteiger partial charge in [-0.3, -0.25) is 9.69 Å². The Bertz CT molecular complexity index is 496. The van der Waals surface area contributed by atoms with E-state index >= 15 is 0 Å². The summed E-state index contributed by atoms with van der Waals surface area (Å²) >= 11 is 0. The zero-order valence-electron chi connectivity index (χ0n) is 12.5. The lowest BCUT2D eigenvalue weighted by Crippen LogP contribution is -2.29. The van der Waals surface area contributed by atoms with E-state index in [1.54, 1.807) is 13.0 Å². The Morgan fingerprint density at radius 3 is 2.80 bits per heavy atom. The van der Waals surface area contributed by atoms with Crippen LogP contribution in [0.25, 0.3) is 0 Å². The van der Waals surface area contributed by atoms with Gasteiger partial charge in [0, 0.05) is 30.8 Å². The first kappa shape index (κ1) is 15.0. The molecule has 0 amide bonds. The van der Waals surface area contributed by atoms with Gasteiger partial charge in [0.1, 0.15) is 5.75 Å². The van der Waals surface area contributed by atoms with Gasteiger partial charge < -0.3 is 9.84 Å². The summed E-state index contributed by atoms with van der Waals surface area (Å²) in [4.78, 5) is 13.7. The van der Waals surface area contributed by atoms with Crippen molar-refractivity contribution in [1.82, 2.24) is 4.90 Å². The molecule has 1 aliphatic rings. The standard InChI is InChI=1S/C16H23NO3/c1-4-20-15-6-5-13(12(2)18)9-14(15)10-17-8-7-16(3,19)11-17/h5-6,9,19H,4,7-8,10-11H2,1-3H3. The average Bonchev–Trinajstić information content (AvgIpc) is 2.71.